The molecule has 1 aliphatic carbocycles. The molecule has 0 aliphatic heterocycles. The number of carboxylic acids is 2. The zero-order chi connectivity index (χ0) is 15.1. The molecular weight excluding hydrogens is 268 g/mol. The van der Waals surface area contributed by atoms with Crippen LogP contribution >= 0.6 is 0 Å². The summed E-state index contributed by atoms with van der Waals surface area (Å²) >= 11 is 0. The van der Waals surface area contributed by atoms with Gasteiger partial charge in [-0.1, -0.05) is 0 Å². The van der Waals surface area contributed by atoms with Crippen LogP contribution < -0.4 is 10.6 Å². The van der Waals surface area contributed by atoms with Crippen molar-refractivity contribution in [1.82, 2.24) is 10.6 Å². The van der Waals surface area contributed by atoms with Crippen LogP contribution in [0.3, 0.4) is 0 Å². The highest BCUT2D eigenvalue weighted by Gasteiger charge is 2.24. The molecule has 1 atom stereocenters. The molecule has 8 nitrogen and oxygen atoms in total. The number of rotatable bonds is 6. The Labute approximate surface area is 116 Å². The minimum absolute atomic E-state index is 0.0904. The normalized spacial score (nSPS) is 23.6. The number of carboxylic acid groups (broad SMARTS) is 2. The van der Waals surface area contributed by atoms with Crippen LogP contribution in [0.5, 0.6) is 0 Å². The van der Waals surface area contributed by atoms with E-state index >= 15 is 0 Å². The van der Waals surface area contributed by atoms with Crippen molar-refractivity contribution in [2.24, 2.45) is 0 Å². The van der Waals surface area contributed by atoms with E-state index in [0.29, 0.717) is 25.7 Å². The number of hydrogen-bond donors (Lipinski definition) is 5. The second-order valence-electron chi connectivity index (χ2n) is 4.95. The van der Waals surface area contributed by atoms with E-state index in [0.717, 1.165) is 0 Å². The van der Waals surface area contributed by atoms with E-state index < -0.39 is 24.0 Å². The fourth-order valence-electron chi connectivity index (χ4n) is 2.13. The Morgan fingerprint density at radius 1 is 1.10 bits per heavy atom. The molecule has 5 N–H and O–H groups in total. The molecule has 0 aromatic heterocycles. The highest BCUT2D eigenvalue weighted by atomic mass is 16.4. The van der Waals surface area contributed by atoms with Crippen LogP contribution in [0.1, 0.15) is 38.5 Å². The maximum Gasteiger partial charge on any atom is 0.326 e. The number of urea groups is 1. The van der Waals surface area contributed by atoms with Crippen LogP contribution in [0.2, 0.25) is 0 Å². The van der Waals surface area contributed by atoms with Crippen molar-refractivity contribution < 1.29 is 29.7 Å². The maximum atomic E-state index is 11.7. The number of aliphatic carboxylic acids is 2. The fraction of sp³-hybridized carbons (Fsp3) is 0.750. The number of nitrogens with one attached hydrogen (secondary N) is 2. The minimum atomic E-state index is -1.26. The van der Waals surface area contributed by atoms with E-state index in [1.54, 1.807) is 0 Å². The lowest BCUT2D eigenvalue weighted by atomic mass is 9.93. The average Bonchev–Trinajstić information content (AvgIpc) is 2.36. The number of amides is 2. The number of aliphatic hydroxyl groups excluding tert-OH is 1. The molecule has 0 aromatic carbocycles. The van der Waals surface area contributed by atoms with Crippen molar-refractivity contribution in [3.63, 3.8) is 0 Å². The summed E-state index contributed by atoms with van der Waals surface area (Å²) in [7, 11) is 0. The van der Waals surface area contributed by atoms with Crippen molar-refractivity contribution in [2.75, 3.05) is 0 Å². The summed E-state index contributed by atoms with van der Waals surface area (Å²) in [4.78, 5) is 33.0. The van der Waals surface area contributed by atoms with Crippen molar-refractivity contribution in [3.8, 4) is 0 Å². The van der Waals surface area contributed by atoms with E-state index in [9.17, 15) is 19.5 Å². The summed E-state index contributed by atoms with van der Waals surface area (Å²) in [6.07, 6.45) is 1.66. The third-order valence-electron chi connectivity index (χ3n) is 3.28. The largest absolute Gasteiger partial charge is 0.481 e. The summed E-state index contributed by atoms with van der Waals surface area (Å²) in [5.74, 6) is -2.37. The number of carbonyl (C=O) groups is 3. The lowest BCUT2D eigenvalue weighted by Gasteiger charge is -2.26. The SMILES string of the molecule is O=C(O)CCC(NC(=O)NC1CCC(O)CC1)C(=O)O. The first kappa shape index (κ1) is 16.2. The van der Waals surface area contributed by atoms with E-state index in [1.807, 2.05) is 0 Å². The van der Waals surface area contributed by atoms with Gasteiger partial charge < -0.3 is 26.0 Å². The molecule has 1 rings (SSSR count). The lowest BCUT2D eigenvalue weighted by Crippen LogP contribution is -2.50. The molecule has 0 radical (unpaired) electrons. The molecule has 1 aliphatic rings. The summed E-state index contributed by atoms with van der Waals surface area (Å²) in [5, 5.41) is 31.7. The first-order valence-corrected chi connectivity index (χ1v) is 6.58. The van der Waals surface area contributed by atoms with E-state index in [-0.39, 0.29) is 25.0 Å². The molecular formula is C12H20N2O6. The Morgan fingerprint density at radius 3 is 2.20 bits per heavy atom. The first-order valence-electron chi connectivity index (χ1n) is 6.58. The average molecular weight is 288 g/mol. The third kappa shape index (κ3) is 5.87. The van der Waals surface area contributed by atoms with Gasteiger partial charge in [-0.2, -0.15) is 0 Å². The van der Waals surface area contributed by atoms with E-state index in [4.69, 9.17) is 10.2 Å². The minimum Gasteiger partial charge on any atom is -0.481 e. The van der Waals surface area contributed by atoms with Gasteiger partial charge in [-0.3, -0.25) is 4.79 Å². The standard InChI is InChI=1S/C12H20N2O6/c15-8-3-1-7(2-4-8)13-12(20)14-9(11(18)19)5-6-10(16)17/h7-9,15H,1-6H2,(H,16,17)(H,18,19)(H2,13,14,20). The molecule has 20 heavy (non-hydrogen) atoms. The van der Waals surface area contributed by atoms with E-state index in [1.165, 1.54) is 0 Å². The van der Waals surface area contributed by atoms with Gasteiger partial charge in [0.05, 0.1) is 6.10 Å². The molecule has 1 unspecified atom stereocenters. The summed E-state index contributed by atoms with van der Waals surface area (Å²) in [6.45, 7) is 0. The van der Waals surface area contributed by atoms with Gasteiger partial charge >= 0.3 is 18.0 Å². The van der Waals surface area contributed by atoms with Crippen molar-refractivity contribution in [1.29, 1.82) is 0 Å². The smallest absolute Gasteiger partial charge is 0.326 e. The molecule has 0 spiro atoms. The van der Waals surface area contributed by atoms with Crippen LogP contribution in [0.15, 0.2) is 0 Å². The van der Waals surface area contributed by atoms with Crippen molar-refractivity contribution in [2.45, 2.75) is 56.7 Å². The molecule has 2 amide bonds. The Hall–Kier alpha value is -1.83. The molecule has 1 saturated carbocycles. The van der Waals surface area contributed by atoms with Crippen LogP contribution in [-0.2, 0) is 9.59 Å². The first-order chi connectivity index (χ1) is 9.38. The Kier molecular flexibility index (Phi) is 6.23. The van der Waals surface area contributed by atoms with Crippen LogP contribution in [0, 0.1) is 0 Å². The van der Waals surface area contributed by atoms with Gasteiger partial charge in [-0.05, 0) is 32.1 Å². The monoisotopic (exact) mass is 288 g/mol. The van der Waals surface area contributed by atoms with Gasteiger partial charge in [0.25, 0.3) is 0 Å². The topological polar surface area (TPSA) is 136 Å². The molecule has 0 aromatic rings. The van der Waals surface area contributed by atoms with Gasteiger partial charge in [-0.25, -0.2) is 9.59 Å². The molecule has 0 heterocycles. The van der Waals surface area contributed by atoms with Crippen LogP contribution in [0.25, 0.3) is 0 Å². The number of carbonyl (C=O) groups excluding carboxylic acids is 1. The maximum absolute atomic E-state index is 11.7. The van der Waals surface area contributed by atoms with Gasteiger partial charge in [0.15, 0.2) is 0 Å². The predicted molar refractivity (Wildman–Crippen MR) is 68.2 cm³/mol. The molecule has 8 heteroatoms. The second-order valence-corrected chi connectivity index (χ2v) is 4.95. The third-order valence-corrected chi connectivity index (χ3v) is 3.28. The second kappa shape index (κ2) is 7.68. The molecule has 1 fully saturated rings. The zero-order valence-corrected chi connectivity index (χ0v) is 11.0. The van der Waals surface area contributed by atoms with Gasteiger partial charge in [0, 0.05) is 12.5 Å². The Balaban J connectivity index is 2.37. The van der Waals surface area contributed by atoms with Gasteiger partial charge in [0.2, 0.25) is 0 Å². The molecule has 0 bridgehead atoms. The van der Waals surface area contributed by atoms with Crippen LogP contribution in [-0.4, -0.2) is 51.5 Å². The highest BCUT2D eigenvalue weighted by molar-refractivity contribution is 5.83. The molecule has 0 saturated heterocycles. The number of hydrogen-bond acceptors (Lipinski definition) is 4. The van der Waals surface area contributed by atoms with E-state index in [2.05, 4.69) is 10.6 Å². The lowest BCUT2D eigenvalue weighted by molar-refractivity contribution is -0.140. The molecule has 114 valence electrons. The quantitative estimate of drug-likeness (QED) is 0.463. The fourth-order valence-corrected chi connectivity index (χ4v) is 2.13. The van der Waals surface area contributed by atoms with Crippen molar-refractivity contribution in [3.05, 3.63) is 0 Å². The van der Waals surface area contributed by atoms with Gasteiger partial charge in [-0.15, -0.1) is 0 Å². The predicted octanol–water partition coefficient (Wildman–Crippen LogP) is -0.0929. The summed E-state index contributed by atoms with van der Waals surface area (Å²) < 4.78 is 0. The zero-order valence-electron chi connectivity index (χ0n) is 11.0. The van der Waals surface area contributed by atoms with Gasteiger partial charge in [0.1, 0.15) is 6.04 Å². The Morgan fingerprint density at radius 2 is 1.70 bits per heavy atom. The summed E-state index contributed by atoms with van der Waals surface area (Å²) in [6, 6.07) is -1.93. The van der Waals surface area contributed by atoms with Crippen molar-refractivity contribution >= 4 is 18.0 Å². The van der Waals surface area contributed by atoms with Crippen LogP contribution in [0.4, 0.5) is 4.79 Å². The number of aliphatic hydroxyl groups is 1. The highest BCUT2D eigenvalue weighted by Crippen LogP contribution is 2.18. The summed E-state index contributed by atoms with van der Waals surface area (Å²) in [5.41, 5.74) is 0. The Bertz CT molecular complexity index is 365.